The topological polar surface area (TPSA) is 42.5 Å². The van der Waals surface area contributed by atoms with Crippen molar-refractivity contribution >= 4 is 0 Å². The summed E-state index contributed by atoms with van der Waals surface area (Å²) in [7, 11) is 3.71. The van der Waals surface area contributed by atoms with E-state index in [9.17, 15) is 0 Å². The van der Waals surface area contributed by atoms with Crippen LogP contribution in [0.3, 0.4) is 0 Å². The molecule has 1 heterocycles. The van der Waals surface area contributed by atoms with Gasteiger partial charge in [0.1, 0.15) is 12.5 Å². The summed E-state index contributed by atoms with van der Waals surface area (Å²) in [6.07, 6.45) is 0.120. The van der Waals surface area contributed by atoms with Gasteiger partial charge in [-0.3, -0.25) is 10.6 Å². The Morgan fingerprint density at radius 2 is 1.40 bits per heavy atom. The molecule has 0 amide bonds. The molecule has 2 N–H and O–H groups in total. The van der Waals surface area contributed by atoms with Crippen LogP contribution in [0.5, 0.6) is 0 Å². The van der Waals surface area contributed by atoms with E-state index < -0.39 is 0 Å². The van der Waals surface area contributed by atoms with Crippen LogP contribution in [0.1, 0.15) is 0 Å². The number of rotatable bonds is 2. The zero-order chi connectivity index (χ0) is 7.40. The van der Waals surface area contributed by atoms with Crippen LogP contribution < -0.4 is 10.6 Å². The van der Waals surface area contributed by atoms with Crippen LogP contribution in [0.2, 0.25) is 0 Å². The molecule has 60 valence electrons. The minimum absolute atomic E-state index is 0.0598. The lowest BCUT2D eigenvalue weighted by atomic mass is 10.5. The zero-order valence-electron chi connectivity index (χ0n) is 6.39. The number of ether oxygens (including phenoxy) is 2. The van der Waals surface area contributed by atoms with Crippen molar-refractivity contribution in [1.82, 2.24) is 10.6 Å². The van der Waals surface area contributed by atoms with Crippen LogP contribution >= 0.6 is 0 Å². The molecule has 4 nitrogen and oxygen atoms in total. The Labute approximate surface area is 60.9 Å². The Morgan fingerprint density at radius 3 is 1.60 bits per heavy atom. The van der Waals surface area contributed by atoms with Gasteiger partial charge in [-0.05, 0) is 14.1 Å². The molecule has 1 rings (SSSR count). The van der Waals surface area contributed by atoms with E-state index in [1.807, 2.05) is 14.1 Å². The fourth-order valence-electron chi connectivity index (χ4n) is 0.837. The second kappa shape index (κ2) is 3.88. The van der Waals surface area contributed by atoms with Crippen LogP contribution in [-0.2, 0) is 9.47 Å². The highest BCUT2D eigenvalue weighted by molar-refractivity contribution is 4.61. The molecule has 0 aromatic rings. The molecule has 1 aliphatic rings. The molecule has 0 radical (unpaired) electrons. The van der Waals surface area contributed by atoms with Crippen molar-refractivity contribution in [2.24, 2.45) is 0 Å². The summed E-state index contributed by atoms with van der Waals surface area (Å²) in [6, 6.07) is 0. The standard InChI is InChI=1S/C6H14N2O2/c1-7-5-3-10-6(8-2)4-9-5/h5-8H,3-4H2,1-2H3. The Bertz CT molecular complexity index is 79.7. The van der Waals surface area contributed by atoms with E-state index >= 15 is 0 Å². The Morgan fingerprint density at radius 1 is 1.00 bits per heavy atom. The zero-order valence-corrected chi connectivity index (χ0v) is 6.39. The van der Waals surface area contributed by atoms with E-state index in [4.69, 9.17) is 9.47 Å². The lowest BCUT2D eigenvalue weighted by Crippen LogP contribution is -2.47. The molecule has 1 aliphatic heterocycles. The van der Waals surface area contributed by atoms with Gasteiger partial charge in [0.25, 0.3) is 0 Å². The van der Waals surface area contributed by atoms with Crippen molar-refractivity contribution in [2.45, 2.75) is 12.5 Å². The van der Waals surface area contributed by atoms with Gasteiger partial charge in [-0.1, -0.05) is 0 Å². The van der Waals surface area contributed by atoms with Gasteiger partial charge in [-0.2, -0.15) is 0 Å². The average Bonchev–Trinajstić information content (AvgIpc) is 2.05. The van der Waals surface area contributed by atoms with Gasteiger partial charge in [0.05, 0.1) is 13.2 Å². The maximum atomic E-state index is 5.33. The Hall–Kier alpha value is -0.160. The number of hydrogen-bond acceptors (Lipinski definition) is 4. The van der Waals surface area contributed by atoms with Crippen LogP contribution in [0.25, 0.3) is 0 Å². The molecule has 1 saturated heterocycles. The average molecular weight is 146 g/mol. The normalized spacial score (nSPS) is 34.2. The van der Waals surface area contributed by atoms with Crippen molar-refractivity contribution in [3.63, 3.8) is 0 Å². The predicted octanol–water partition coefficient (Wildman–Crippen LogP) is -0.876. The van der Waals surface area contributed by atoms with Crippen LogP contribution in [0.15, 0.2) is 0 Å². The smallest absolute Gasteiger partial charge is 0.131 e. The summed E-state index contributed by atoms with van der Waals surface area (Å²) in [5, 5.41) is 5.95. The minimum atomic E-state index is 0.0598. The number of likely N-dealkylation sites (N-methyl/N-ethyl adjacent to an activating group) is 2. The van der Waals surface area contributed by atoms with Crippen molar-refractivity contribution in [2.75, 3.05) is 27.3 Å². The molecule has 0 aliphatic carbocycles. The predicted molar refractivity (Wildman–Crippen MR) is 37.6 cm³/mol. The molecule has 2 atom stereocenters. The Kier molecular flexibility index (Phi) is 3.08. The second-order valence-corrected chi connectivity index (χ2v) is 2.22. The van der Waals surface area contributed by atoms with Crippen LogP contribution in [0.4, 0.5) is 0 Å². The van der Waals surface area contributed by atoms with E-state index in [-0.39, 0.29) is 12.5 Å². The van der Waals surface area contributed by atoms with Gasteiger partial charge in [0.2, 0.25) is 0 Å². The first-order valence-corrected chi connectivity index (χ1v) is 3.44. The summed E-state index contributed by atoms with van der Waals surface area (Å²) in [4.78, 5) is 0. The molecule has 0 aromatic heterocycles. The molecule has 4 heteroatoms. The van der Waals surface area contributed by atoms with Gasteiger partial charge in [0.15, 0.2) is 0 Å². The Balaban J connectivity index is 2.17. The van der Waals surface area contributed by atoms with Gasteiger partial charge in [-0.25, -0.2) is 0 Å². The van der Waals surface area contributed by atoms with Crippen LogP contribution in [-0.4, -0.2) is 39.8 Å². The first kappa shape index (κ1) is 7.94. The molecule has 0 bridgehead atoms. The molecule has 0 aromatic carbocycles. The van der Waals surface area contributed by atoms with Gasteiger partial charge in [-0.15, -0.1) is 0 Å². The summed E-state index contributed by atoms with van der Waals surface area (Å²) in [5.74, 6) is 0. The largest absolute Gasteiger partial charge is 0.357 e. The molecule has 1 fully saturated rings. The summed E-state index contributed by atoms with van der Waals surface area (Å²) in [6.45, 7) is 1.23. The van der Waals surface area contributed by atoms with E-state index in [0.29, 0.717) is 13.2 Å². The monoisotopic (exact) mass is 146 g/mol. The fourth-order valence-corrected chi connectivity index (χ4v) is 0.837. The molecule has 0 saturated carbocycles. The first-order chi connectivity index (χ1) is 4.86. The number of nitrogens with one attached hydrogen (secondary N) is 2. The highest BCUT2D eigenvalue weighted by atomic mass is 16.6. The lowest BCUT2D eigenvalue weighted by Gasteiger charge is -2.28. The molecule has 2 unspecified atom stereocenters. The molecular formula is C6H14N2O2. The first-order valence-electron chi connectivity index (χ1n) is 3.44. The number of hydrogen-bond donors (Lipinski definition) is 2. The van der Waals surface area contributed by atoms with Crippen molar-refractivity contribution in [3.05, 3.63) is 0 Å². The van der Waals surface area contributed by atoms with Gasteiger partial charge >= 0.3 is 0 Å². The highest BCUT2D eigenvalue weighted by Gasteiger charge is 2.18. The molecule has 10 heavy (non-hydrogen) atoms. The van der Waals surface area contributed by atoms with Gasteiger partial charge in [0, 0.05) is 0 Å². The third-order valence-corrected chi connectivity index (χ3v) is 1.54. The van der Waals surface area contributed by atoms with Crippen molar-refractivity contribution in [1.29, 1.82) is 0 Å². The molecular weight excluding hydrogens is 132 g/mol. The quantitative estimate of drug-likeness (QED) is 0.531. The van der Waals surface area contributed by atoms with Gasteiger partial charge < -0.3 is 9.47 Å². The summed E-state index contributed by atoms with van der Waals surface area (Å²) >= 11 is 0. The summed E-state index contributed by atoms with van der Waals surface area (Å²) < 4.78 is 10.7. The van der Waals surface area contributed by atoms with Crippen LogP contribution in [0, 0.1) is 0 Å². The maximum Gasteiger partial charge on any atom is 0.131 e. The summed E-state index contributed by atoms with van der Waals surface area (Å²) in [5.41, 5.74) is 0. The fraction of sp³-hybridized carbons (Fsp3) is 1.00. The third kappa shape index (κ3) is 1.91. The highest BCUT2D eigenvalue weighted by Crippen LogP contribution is 2.01. The third-order valence-electron chi connectivity index (χ3n) is 1.54. The lowest BCUT2D eigenvalue weighted by molar-refractivity contribution is -0.149. The maximum absolute atomic E-state index is 5.33. The van der Waals surface area contributed by atoms with E-state index in [0.717, 1.165) is 0 Å². The second-order valence-electron chi connectivity index (χ2n) is 2.22. The van der Waals surface area contributed by atoms with E-state index in [2.05, 4.69) is 10.6 Å². The van der Waals surface area contributed by atoms with Crippen molar-refractivity contribution in [3.8, 4) is 0 Å². The van der Waals surface area contributed by atoms with Crippen molar-refractivity contribution < 1.29 is 9.47 Å². The minimum Gasteiger partial charge on any atom is -0.357 e. The molecule has 0 spiro atoms. The van der Waals surface area contributed by atoms with E-state index in [1.54, 1.807) is 0 Å². The van der Waals surface area contributed by atoms with E-state index in [1.165, 1.54) is 0 Å². The SMILES string of the molecule is CNC1COC(NC)CO1.